The average molecular weight is 534 g/mol. The van der Waals surface area contributed by atoms with Crippen LogP contribution in [0.1, 0.15) is 28.7 Å². The van der Waals surface area contributed by atoms with Crippen LogP contribution in [0, 0.1) is 0 Å². The normalized spacial score (nSPS) is 21.2. The third-order valence-corrected chi connectivity index (χ3v) is 7.47. The van der Waals surface area contributed by atoms with Crippen LogP contribution in [0.25, 0.3) is 0 Å². The van der Waals surface area contributed by atoms with Crippen LogP contribution in [-0.2, 0) is 40.6 Å². The van der Waals surface area contributed by atoms with Gasteiger partial charge in [0.05, 0.1) is 25.9 Å². The van der Waals surface area contributed by atoms with Gasteiger partial charge >= 0.3 is 0 Å². The third kappa shape index (κ3) is 7.77. The lowest BCUT2D eigenvalue weighted by molar-refractivity contribution is -0.204. The van der Waals surface area contributed by atoms with Crippen molar-refractivity contribution in [2.45, 2.75) is 57.1 Å². The molecular formula is C36H39NO3. The van der Waals surface area contributed by atoms with Crippen LogP contribution in [0.4, 0.5) is 0 Å². The minimum atomic E-state index is -0.246. The summed E-state index contributed by atoms with van der Waals surface area (Å²) in [5.41, 5.74) is 4.69. The van der Waals surface area contributed by atoms with Gasteiger partial charge in [0.15, 0.2) is 0 Å². The second kappa shape index (κ2) is 14.7. The van der Waals surface area contributed by atoms with Gasteiger partial charge in [-0.1, -0.05) is 127 Å². The second-order valence-electron chi connectivity index (χ2n) is 10.4. The summed E-state index contributed by atoms with van der Waals surface area (Å²) < 4.78 is 20.2. The molecule has 1 aliphatic heterocycles. The zero-order chi connectivity index (χ0) is 27.4. The number of rotatable bonds is 13. The Balaban J connectivity index is 1.44. The molecule has 0 saturated carbocycles. The molecular weight excluding hydrogens is 494 g/mol. The summed E-state index contributed by atoms with van der Waals surface area (Å²) in [6, 6.07) is 41.8. The summed E-state index contributed by atoms with van der Waals surface area (Å²) in [5.74, 6) is 0. The molecule has 4 aromatic carbocycles. The first-order valence-corrected chi connectivity index (χ1v) is 14.2. The molecule has 0 amide bonds. The second-order valence-corrected chi connectivity index (χ2v) is 10.4. The van der Waals surface area contributed by atoms with Gasteiger partial charge in [0.25, 0.3) is 0 Å². The van der Waals surface area contributed by atoms with Gasteiger partial charge in [-0.05, 0) is 28.7 Å². The monoisotopic (exact) mass is 533 g/mol. The number of hydrogen-bond acceptors (Lipinski definition) is 4. The maximum absolute atomic E-state index is 6.79. The molecule has 4 aromatic rings. The highest BCUT2D eigenvalue weighted by Gasteiger charge is 2.45. The highest BCUT2D eigenvalue weighted by atomic mass is 16.6. The van der Waals surface area contributed by atoms with E-state index in [9.17, 15) is 0 Å². The van der Waals surface area contributed by atoms with E-state index in [2.05, 4.69) is 115 Å². The number of piperidine rings is 1. The van der Waals surface area contributed by atoms with Crippen molar-refractivity contribution in [3.8, 4) is 0 Å². The van der Waals surface area contributed by atoms with Crippen LogP contribution >= 0.6 is 0 Å². The number of hydrogen-bond donors (Lipinski definition) is 0. The first-order chi connectivity index (χ1) is 19.8. The molecule has 206 valence electrons. The van der Waals surface area contributed by atoms with Crippen molar-refractivity contribution < 1.29 is 14.2 Å². The summed E-state index contributed by atoms with van der Waals surface area (Å²) in [6.07, 6.45) is 2.17. The van der Waals surface area contributed by atoms with E-state index in [0.717, 1.165) is 36.2 Å². The molecule has 0 spiro atoms. The highest BCUT2D eigenvalue weighted by Crippen LogP contribution is 2.31. The molecule has 40 heavy (non-hydrogen) atoms. The SMILES string of the molecule is C=CCC1[C@H](OCc2ccccc2)[C@@H](OCc2ccccc2)[C@H](OCc2ccccc2)CN1Cc1ccccc1. The van der Waals surface area contributed by atoms with E-state index >= 15 is 0 Å². The maximum atomic E-state index is 6.79. The fourth-order valence-corrected chi connectivity index (χ4v) is 5.43. The fourth-order valence-electron chi connectivity index (χ4n) is 5.43. The number of likely N-dealkylation sites (tertiary alicyclic amines) is 1. The Morgan fingerprint density at radius 1 is 0.575 bits per heavy atom. The van der Waals surface area contributed by atoms with Crippen molar-refractivity contribution in [3.63, 3.8) is 0 Å². The molecule has 0 bridgehead atoms. The van der Waals surface area contributed by atoms with Gasteiger partial charge in [-0.25, -0.2) is 0 Å². The fraction of sp³-hybridized carbons (Fsp3) is 0.278. The summed E-state index contributed by atoms with van der Waals surface area (Å²) in [7, 11) is 0. The Bertz CT molecular complexity index is 1270. The lowest BCUT2D eigenvalue weighted by Crippen LogP contribution is -2.62. The predicted molar refractivity (Wildman–Crippen MR) is 161 cm³/mol. The molecule has 1 fully saturated rings. The zero-order valence-corrected chi connectivity index (χ0v) is 23.1. The van der Waals surface area contributed by atoms with Gasteiger partial charge in [0, 0.05) is 19.1 Å². The minimum Gasteiger partial charge on any atom is -0.369 e. The third-order valence-electron chi connectivity index (χ3n) is 7.47. The molecule has 0 aromatic heterocycles. The summed E-state index contributed by atoms with van der Waals surface area (Å²) >= 11 is 0. The van der Waals surface area contributed by atoms with Crippen molar-refractivity contribution in [3.05, 3.63) is 156 Å². The molecule has 5 rings (SSSR count). The lowest BCUT2D eigenvalue weighted by atomic mass is 9.90. The van der Waals surface area contributed by atoms with Crippen LogP contribution in [0.5, 0.6) is 0 Å². The number of nitrogens with zero attached hydrogens (tertiary/aromatic N) is 1. The molecule has 1 unspecified atom stereocenters. The Hall–Kier alpha value is -3.54. The van der Waals surface area contributed by atoms with Gasteiger partial charge < -0.3 is 14.2 Å². The van der Waals surface area contributed by atoms with Crippen molar-refractivity contribution in [1.29, 1.82) is 0 Å². The molecule has 4 nitrogen and oxygen atoms in total. The molecule has 0 N–H and O–H groups in total. The van der Waals surface area contributed by atoms with Crippen LogP contribution < -0.4 is 0 Å². The molecule has 1 aliphatic rings. The number of ether oxygens (including phenoxy) is 3. The Labute approximate surface area is 238 Å². The minimum absolute atomic E-state index is 0.0961. The lowest BCUT2D eigenvalue weighted by Gasteiger charge is -2.48. The summed E-state index contributed by atoms with van der Waals surface area (Å²) in [5, 5.41) is 0. The van der Waals surface area contributed by atoms with Crippen molar-refractivity contribution in [2.24, 2.45) is 0 Å². The molecule has 4 heteroatoms. The van der Waals surface area contributed by atoms with Crippen LogP contribution in [0.15, 0.2) is 134 Å². The molecule has 1 heterocycles. The van der Waals surface area contributed by atoms with Gasteiger partial charge in [0.2, 0.25) is 0 Å². The standard InChI is InChI=1S/C36H39NO3/c1-2-15-33-35(39-27-31-20-11-5-12-21-31)36(40-28-32-22-13-6-14-23-32)34(38-26-30-18-9-4-10-19-30)25-37(33)24-29-16-7-3-8-17-29/h2-14,16-23,33-36H,1,15,24-28H2/t33?,34-,35+,36+/m1/s1. The summed E-state index contributed by atoms with van der Waals surface area (Å²) in [6.45, 7) is 7.19. The van der Waals surface area contributed by atoms with Crippen molar-refractivity contribution in [2.75, 3.05) is 6.54 Å². The topological polar surface area (TPSA) is 30.9 Å². The van der Waals surface area contributed by atoms with Crippen LogP contribution in [-0.4, -0.2) is 35.8 Å². The van der Waals surface area contributed by atoms with E-state index < -0.39 is 0 Å². The average Bonchev–Trinajstić information content (AvgIpc) is 3.01. The highest BCUT2D eigenvalue weighted by molar-refractivity contribution is 5.18. The van der Waals surface area contributed by atoms with E-state index in [1.54, 1.807) is 0 Å². The largest absolute Gasteiger partial charge is 0.369 e. The Morgan fingerprint density at radius 2 is 1.00 bits per heavy atom. The van der Waals surface area contributed by atoms with E-state index in [1.807, 2.05) is 24.3 Å². The number of benzene rings is 4. The molecule has 4 atom stereocenters. The smallest absolute Gasteiger partial charge is 0.113 e. The predicted octanol–water partition coefficient (Wildman–Crippen LogP) is 7.20. The van der Waals surface area contributed by atoms with Gasteiger partial charge in [-0.3, -0.25) is 4.90 Å². The molecule has 0 radical (unpaired) electrons. The summed E-state index contributed by atoms with van der Waals surface area (Å²) in [4.78, 5) is 2.49. The van der Waals surface area contributed by atoms with Crippen molar-refractivity contribution in [1.82, 2.24) is 4.90 Å². The first kappa shape index (κ1) is 28.0. The quantitative estimate of drug-likeness (QED) is 0.170. The Kier molecular flexibility index (Phi) is 10.3. The van der Waals surface area contributed by atoms with E-state index in [4.69, 9.17) is 14.2 Å². The van der Waals surface area contributed by atoms with E-state index in [-0.39, 0.29) is 24.4 Å². The van der Waals surface area contributed by atoms with E-state index in [0.29, 0.717) is 19.8 Å². The van der Waals surface area contributed by atoms with E-state index in [1.165, 1.54) is 5.56 Å². The van der Waals surface area contributed by atoms with Gasteiger partial charge in [0.1, 0.15) is 12.2 Å². The van der Waals surface area contributed by atoms with Crippen LogP contribution in [0.2, 0.25) is 0 Å². The molecule has 0 aliphatic carbocycles. The Morgan fingerprint density at radius 3 is 1.48 bits per heavy atom. The van der Waals surface area contributed by atoms with Gasteiger partial charge in [-0.2, -0.15) is 0 Å². The van der Waals surface area contributed by atoms with Crippen molar-refractivity contribution >= 4 is 0 Å². The maximum Gasteiger partial charge on any atom is 0.113 e. The zero-order valence-electron chi connectivity index (χ0n) is 23.1. The van der Waals surface area contributed by atoms with Crippen LogP contribution in [0.3, 0.4) is 0 Å². The van der Waals surface area contributed by atoms with Gasteiger partial charge in [-0.15, -0.1) is 6.58 Å². The molecule has 1 saturated heterocycles. The first-order valence-electron chi connectivity index (χ1n) is 14.2.